The summed E-state index contributed by atoms with van der Waals surface area (Å²) in [5.41, 5.74) is 0.692. The topological polar surface area (TPSA) is 119 Å². The quantitative estimate of drug-likeness (QED) is 0.337. The number of esters is 2. The number of benzene rings is 1. The Bertz CT molecular complexity index is 806. The van der Waals surface area contributed by atoms with Crippen LogP contribution in [-0.2, 0) is 29.3 Å². The molecule has 1 aromatic rings. The standard InChI is InChI=1S/C18H21N3O6/c1-3-25-15(22)13(20-24)9-18-10-14(16(23)26-4-2)21-27-17(18)19-12-8-6-5-7-11(12)18/h5-8,17,19,24H,3-4,9-10H2,1-2H3/b20-13+/t17-,18-/m1/s1. The van der Waals surface area contributed by atoms with E-state index >= 15 is 0 Å². The highest BCUT2D eigenvalue weighted by atomic mass is 16.7. The molecular weight excluding hydrogens is 354 g/mol. The highest BCUT2D eigenvalue weighted by Gasteiger charge is 2.54. The summed E-state index contributed by atoms with van der Waals surface area (Å²) < 4.78 is 10.0. The van der Waals surface area contributed by atoms with Crippen molar-refractivity contribution in [2.24, 2.45) is 10.3 Å². The van der Waals surface area contributed by atoms with Gasteiger partial charge >= 0.3 is 11.9 Å². The summed E-state index contributed by atoms with van der Waals surface area (Å²) in [4.78, 5) is 29.9. The number of nitrogens with one attached hydrogen (secondary N) is 1. The SMILES string of the molecule is CCOC(=O)C1=NO[C@H]2Nc3ccccc3[C@@]2(C/C(=N\O)C(=O)OCC)C1. The van der Waals surface area contributed by atoms with Crippen LogP contribution in [0.15, 0.2) is 34.6 Å². The number of fused-ring (bicyclic) bond motifs is 3. The number of hydrogen-bond donors (Lipinski definition) is 2. The maximum Gasteiger partial charge on any atom is 0.356 e. The summed E-state index contributed by atoms with van der Waals surface area (Å²) >= 11 is 0. The van der Waals surface area contributed by atoms with Crippen LogP contribution in [0.2, 0.25) is 0 Å². The Morgan fingerprint density at radius 1 is 1.33 bits per heavy atom. The Balaban J connectivity index is 2.00. The normalized spacial score (nSPS) is 23.3. The number of carbonyl (C=O) groups is 2. The van der Waals surface area contributed by atoms with Gasteiger partial charge in [-0.3, -0.25) is 0 Å². The summed E-state index contributed by atoms with van der Waals surface area (Å²) in [6, 6.07) is 7.44. The molecule has 9 nitrogen and oxygen atoms in total. The maximum atomic E-state index is 12.2. The molecule has 0 bridgehead atoms. The van der Waals surface area contributed by atoms with Gasteiger partial charge in [0.25, 0.3) is 0 Å². The molecule has 0 aromatic heterocycles. The molecule has 0 fully saturated rings. The molecule has 0 amide bonds. The van der Waals surface area contributed by atoms with Gasteiger partial charge in [-0.05, 0) is 25.5 Å². The van der Waals surface area contributed by atoms with E-state index in [1.165, 1.54) is 0 Å². The fourth-order valence-corrected chi connectivity index (χ4v) is 3.46. The third-order valence-electron chi connectivity index (χ3n) is 4.63. The zero-order valence-corrected chi connectivity index (χ0v) is 15.1. The first-order valence-electron chi connectivity index (χ1n) is 8.69. The number of oxime groups is 2. The first kappa shape index (κ1) is 18.7. The van der Waals surface area contributed by atoms with E-state index in [0.29, 0.717) is 0 Å². The number of rotatable bonds is 6. The van der Waals surface area contributed by atoms with Gasteiger partial charge in [0.15, 0.2) is 11.4 Å². The van der Waals surface area contributed by atoms with Crippen LogP contribution in [-0.4, -0.2) is 48.0 Å². The lowest BCUT2D eigenvalue weighted by Crippen LogP contribution is -2.48. The molecule has 2 aliphatic heterocycles. The van der Waals surface area contributed by atoms with Crippen molar-refractivity contribution in [2.45, 2.75) is 38.3 Å². The Hall–Kier alpha value is -3.10. The van der Waals surface area contributed by atoms with E-state index in [-0.39, 0.29) is 37.5 Å². The zero-order chi connectivity index (χ0) is 19.4. The molecule has 3 rings (SSSR count). The van der Waals surface area contributed by atoms with Gasteiger partial charge in [-0.2, -0.15) is 0 Å². The van der Waals surface area contributed by atoms with Crippen molar-refractivity contribution >= 4 is 29.0 Å². The van der Waals surface area contributed by atoms with E-state index in [9.17, 15) is 14.8 Å². The molecule has 0 radical (unpaired) electrons. The number of hydrogen-bond acceptors (Lipinski definition) is 9. The van der Waals surface area contributed by atoms with Crippen molar-refractivity contribution in [1.82, 2.24) is 0 Å². The molecule has 9 heteroatoms. The van der Waals surface area contributed by atoms with Crippen molar-refractivity contribution in [2.75, 3.05) is 18.5 Å². The van der Waals surface area contributed by atoms with Gasteiger partial charge in [-0.1, -0.05) is 28.5 Å². The van der Waals surface area contributed by atoms with E-state index in [1.807, 2.05) is 24.3 Å². The van der Waals surface area contributed by atoms with E-state index in [4.69, 9.17) is 14.3 Å². The van der Waals surface area contributed by atoms with Crippen molar-refractivity contribution in [1.29, 1.82) is 0 Å². The van der Waals surface area contributed by atoms with Crippen LogP contribution < -0.4 is 5.32 Å². The fraction of sp³-hybridized carbons (Fsp3) is 0.444. The van der Waals surface area contributed by atoms with Crippen LogP contribution in [0.4, 0.5) is 5.69 Å². The lowest BCUT2D eigenvalue weighted by molar-refractivity contribution is -0.136. The van der Waals surface area contributed by atoms with Crippen molar-refractivity contribution in [3.63, 3.8) is 0 Å². The predicted molar refractivity (Wildman–Crippen MR) is 95.8 cm³/mol. The van der Waals surface area contributed by atoms with Crippen LogP contribution in [0.25, 0.3) is 0 Å². The van der Waals surface area contributed by atoms with Gasteiger partial charge in [-0.25, -0.2) is 9.59 Å². The zero-order valence-electron chi connectivity index (χ0n) is 15.1. The minimum absolute atomic E-state index is 0.00453. The molecular formula is C18H21N3O6. The minimum atomic E-state index is -0.880. The molecule has 0 aliphatic carbocycles. The smallest absolute Gasteiger partial charge is 0.356 e. The highest BCUT2D eigenvalue weighted by molar-refractivity contribution is 6.38. The monoisotopic (exact) mass is 375 g/mol. The van der Waals surface area contributed by atoms with Gasteiger partial charge in [-0.15, -0.1) is 0 Å². The lowest BCUT2D eigenvalue weighted by atomic mass is 9.72. The van der Waals surface area contributed by atoms with Gasteiger partial charge in [0.1, 0.15) is 0 Å². The Kier molecular flexibility index (Phi) is 5.29. The predicted octanol–water partition coefficient (Wildman–Crippen LogP) is 1.80. The molecule has 2 N–H and O–H groups in total. The first-order valence-corrected chi connectivity index (χ1v) is 8.69. The maximum absolute atomic E-state index is 12.2. The minimum Gasteiger partial charge on any atom is -0.461 e. The van der Waals surface area contributed by atoms with Crippen molar-refractivity contribution < 1.29 is 29.1 Å². The second-order valence-electron chi connectivity index (χ2n) is 6.21. The summed E-state index contributed by atoms with van der Waals surface area (Å²) in [7, 11) is 0. The molecule has 2 heterocycles. The van der Waals surface area contributed by atoms with Gasteiger partial charge in [0.05, 0.1) is 18.6 Å². The van der Waals surface area contributed by atoms with E-state index in [0.717, 1.165) is 11.3 Å². The summed E-state index contributed by atoms with van der Waals surface area (Å²) in [5, 5.41) is 19.6. The summed E-state index contributed by atoms with van der Waals surface area (Å²) in [5.74, 6) is -1.31. The molecule has 2 aliphatic rings. The van der Waals surface area contributed by atoms with Crippen LogP contribution in [0.3, 0.4) is 0 Å². The van der Waals surface area contributed by atoms with E-state index in [2.05, 4.69) is 15.6 Å². The Morgan fingerprint density at radius 3 is 2.78 bits per heavy atom. The second-order valence-corrected chi connectivity index (χ2v) is 6.21. The van der Waals surface area contributed by atoms with E-state index in [1.54, 1.807) is 13.8 Å². The molecule has 1 aromatic carbocycles. The number of ether oxygens (including phenoxy) is 2. The molecule has 144 valence electrons. The number of para-hydroxylation sites is 1. The largest absolute Gasteiger partial charge is 0.461 e. The number of anilines is 1. The highest BCUT2D eigenvalue weighted by Crippen LogP contribution is 2.48. The van der Waals surface area contributed by atoms with Gasteiger partial charge in [0, 0.05) is 18.5 Å². The fourth-order valence-electron chi connectivity index (χ4n) is 3.46. The molecule has 0 unspecified atom stereocenters. The van der Waals surface area contributed by atoms with Crippen LogP contribution in [0, 0.1) is 0 Å². The van der Waals surface area contributed by atoms with Gasteiger partial charge < -0.3 is 24.8 Å². The Morgan fingerprint density at radius 2 is 2.07 bits per heavy atom. The third kappa shape index (κ3) is 3.32. The Labute approximate surface area is 156 Å². The lowest BCUT2D eigenvalue weighted by Gasteiger charge is -2.36. The average Bonchev–Trinajstić information content (AvgIpc) is 3.00. The summed E-state index contributed by atoms with van der Waals surface area (Å²) in [6.45, 7) is 3.71. The van der Waals surface area contributed by atoms with Crippen molar-refractivity contribution in [3.8, 4) is 0 Å². The molecule has 0 spiro atoms. The van der Waals surface area contributed by atoms with Crippen LogP contribution in [0.5, 0.6) is 0 Å². The average molecular weight is 375 g/mol. The first-order chi connectivity index (χ1) is 13.1. The summed E-state index contributed by atoms with van der Waals surface area (Å²) in [6.07, 6.45) is -0.492. The number of nitrogens with zero attached hydrogens (tertiary/aromatic N) is 2. The third-order valence-corrected chi connectivity index (χ3v) is 4.63. The molecule has 2 atom stereocenters. The van der Waals surface area contributed by atoms with Gasteiger partial charge in [0.2, 0.25) is 6.23 Å². The molecule has 27 heavy (non-hydrogen) atoms. The molecule has 0 saturated heterocycles. The van der Waals surface area contributed by atoms with Crippen LogP contribution >= 0.6 is 0 Å². The second kappa shape index (κ2) is 7.65. The van der Waals surface area contributed by atoms with Crippen molar-refractivity contribution in [3.05, 3.63) is 29.8 Å². The van der Waals surface area contributed by atoms with Crippen LogP contribution in [0.1, 0.15) is 32.3 Å². The number of carbonyl (C=O) groups excluding carboxylic acids is 2. The van der Waals surface area contributed by atoms with E-state index < -0.39 is 23.6 Å². The molecule has 0 saturated carbocycles.